The maximum Gasteiger partial charge on any atom is 0.439 e. The lowest BCUT2D eigenvalue weighted by Crippen LogP contribution is -2.77. The molecule has 2 nitrogen and oxygen atoms in total. The first kappa shape index (κ1) is 15.3. The van der Waals surface area contributed by atoms with E-state index in [1.807, 2.05) is 4.74 Å². The zero-order valence-electron chi connectivity index (χ0n) is 8.14. The van der Waals surface area contributed by atoms with Crippen LogP contribution in [0, 0.1) is 0 Å². The van der Waals surface area contributed by atoms with Crippen molar-refractivity contribution in [2.45, 2.75) is 37.3 Å². The van der Waals surface area contributed by atoms with Gasteiger partial charge in [0, 0.05) is 6.92 Å². The minimum absolute atomic E-state index is 0.660. The van der Waals surface area contributed by atoms with Gasteiger partial charge in [-0.05, 0) is 0 Å². The highest BCUT2D eigenvalue weighted by Gasteiger charge is 2.86. The third-order valence-electron chi connectivity index (χ3n) is 1.91. The van der Waals surface area contributed by atoms with Crippen LogP contribution < -0.4 is 0 Å². The third kappa shape index (κ3) is 1.81. The molecule has 0 aromatic rings. The molecule has 0 aromatic heterocycles. The van der Waals surface area contributed by atoms with Gasteiger partial charge in [-0.2, -0.15) is 43.9 Å². The highest BCUT2D eigenvalue weighted by molar-refractivity contribution is 4.96. The molecule has 1 rings (SSSR count). The molecule has 0 atom stereocenters. The number of nitrogens with zero attached hydrogens (tertiary/aromatic N) is 1. The van der Waals surface area contributed by atoms with Gasteiger partial charge in [0.05, 0.1) is 0 Å². The molecule has 0 aliphatic carbocycles. The Hall–Kier alpha value is -0.780. The number of hydrogen-bond acceptors (Lipinski definition) is 2. The molecule has 1 heterocycles. The summed E-state index contributed by atoms with van der Waals surface area (Å²) in [5, 5.41) is 0. The maximum absolute atomic E-state index is 12.7. The summed E-state index contributed by atoms with van der Waals surface area (Å²) in [5.41, 5.74) is 0. The summed E-state index contributed by atoms with van der Waals surface area (Å²) in [5.74, 6) is 0. The van der Waals surface area contributed by atoms with Crippen LogP contribution in [0.1, 0.15) is 6.92 Å². The van der Waals surface area contributed by atoms with Crippen molar-refractivity contribution in [3.05, 3.63) is 0 Å². The first-order chi connectivity index (χ1) is 7.57. The van der Waals surface area contributed by atoms with E-state index in [0.717, 1.165) is 0 Å². The molecule has 1 aliphatic heterocycles. The summed E-state index contributed by atoms with van der Waals surface area (Å²) in [6.07, 6.45) is -12.4. The summed E-state index contributed by atoms with van der Waals surface area (Å²) < 4.78 is 128. The summed E-state index contributed by atoms with van der Waals surface area (Å²) in [7, 11) is 0. The fourth-order valence-electron chi connectivity index (χ4n) is 1.21. The second-order valence-electron chi connectivity index (χ2n) is 3.40. The molecule has 1 aliphatic rings. The van der Waals surface area contributed by atoms with Crippen molar-refractivity contribution in [2.75, 3.05) is 0 Å². The molecular weight excluding hydrogens is 292 g/mol. The van der Waals surface area contributed by atoms with Crippen LogP contribution in [0.15, 0.2) is 0 Å². The Morgan fingerprint density at radius 2 is 1.06 bits per heavy atom. The van der Waals surface area contributed by atoms with E-state index in [1.54, 1.807) is 0 Å². The first-order valence-electron chi connectivity index (χ1n) is 3.97. The van der Waals surface area contributed by atoms with Gasteiger partial charge >= 0.3 is 30.4 Å². The van der Waals surface area contributed by atoms with Crippen LogP contribution in [0.5, 0.6) is 0 Å². The van der Waals surface area contributed by atoms with E-state index in [2.05, 4.69) is 0 Å². The van der Waals surface area contributed by atoms with Crippen LogP contribution in [-0.4, -0.2) is 35.3 Å². The Bertz CT molecular complexity index is 321. The van der Waals surface area contributed by atoms with Crippen molar-refractivity contribution in [1.29, 1.82) is 0 Å². The van der Waals surface area contributed by atoms with Gasteiger partial charge in [0.1, 0.15) is 0 Å². The predicted octanol–water partition coefficient (Wildman–Crippen LogP) is 3.30. The fourth-order valence-corrected chi connectivity index (χ4v) is 1.21. The molecule has 0 amide bonds. The van der Waals surface area contributed by atoms with Crippen molar-refractivity contribution in [3.63, 3.8) is 0 Å². The van der Waals surface area contributed by atoms with Gasteiger partial charge in [-0.1, -0.05) is 0 Å². The standard InChI is InChI=1S/C6H3F10NO/c1-2(7,8)17-3(9,10)5(13,14)18-6(15,16)4(17,11)12/h1H3. The quantitative estimate of drug-likeness (QED) is 0.543. The average molecular weight is 295 g/mol. The van der Waals surface area contributed by atoms with E-state index in [-0.39, 0.29) is 0 Å². The number of rotatable bonds is 1. The van der Waals surface area contributed by atoms with E-state index >= 15 is 0 Å². The second kappa shape index (κ2) is 3.40. The predicted molar refractivity (Wildman–Crippen MR) is 33.3 cm³/mol. The third-order valence-corrected chi connectivity index (χ3v) is 1.91. The number of halogens is 10. The van der Waals surface area contributed by atoms with E-state index in [4.69, 9.17) is 0 Å². The van der Waals surface area contributed by atoms with Gasteiger partial charge in [0.15, 0.2) is 0 Å². The summed E-state index contributed by atoms with van der Waals surface area (Å²) in [6, 6.07) is -18.0. The van der Waals surface area contributed by atoms with Crippen LogP contribution >= 0.6 is 0 Å². The highest BCUT2D eigenvalue weighted by atomic mass is 19.4. The smallest absolute Gasteiger partial charge is 0.243 e. The van der Waals surface area contributed by atoms with Gasteiger partial charge in [0.2, 0.25) is 0 Å². The number of morpholine rings is 1. The van der Waals surface area contributed by atoms with E-state index in [1.165, 1.54) is 0 Å². The van der Waals surface area contributed by atoms with Gasteiger partial charge in [-0.25, -0.2) is 4.74 Å². The molecular formula is C6H3F10NO. The summed E-state index contributed by atoms with van der Waals surface area (Å²) in [4.78, 5) is -2.86. The molecule has 0 saturated carbocycles. The molecule has 0 bridgehead atoms. The SMILES string of the molecule is CC(F)(F)N1C(F)(F)C(F)(F)OC(F)(F)C1(F)F. The van der Waals surface area contributed by atoms with Crippen molar-refractivity contribution in [2.24, 2.45) is 0 Å². The summed E-state index contributed by atoms with van der Waals surface area (Å²) in [6.45, 7) is -0.660. The topological polar surface area (TPSA) is 12.5 Å². The van der Waals surface area contributed by atoms with Gasteiger partial charge in [0.25, 0.3) is 0 Å². The molecule has 12 heteroatoms. The summed E-state index contributed by atoms with van der Waals surface area (Å²) >= 11 is 0. The number of hydrogen-bond donors (Lipinski definition) is 0. The zero-order valence-corrected chi connectivity index (χ0v) is 8.14. The van der Waals surface area contributed by atoms with Crippen LogP contribution in [-0.2, 0) is 4.74 Å². The number of alkyl halides is 10. The minimum atomic E-state index is -6.34. The van der Waals surface area contributed by atoms with E-state index in [9.17, 15) is 43.9 Å². The lowest BCUT2D eigenvalue weighted by Gasteiger charge is -2.48. The average Bonchev–Trinajstić information content (AvgIpc) is 1.93. The zero-order chi connectivity index (χ0) is 14.8. The first-order valence-corrected chi connectivity index (χ1v) is 3.97. The van der Waals surface area contributed by atoms with Gasteiger partial charge in [-0.3, -0.25) is 0 Å². The molecule has 1 saturated heterocycles. The Labute approximate surface area is 92.1 Å². The fraction of sp³-hybridized carbons (Fsp3) is 1.00. The van der Waals surface area contributed by atoms with Crippen LogP contribution in [0.4, 0.5) is 43.9 Å². The molecule has 1 fully saturated rings. The van der Waals surface area contributed by atoms with Crippen molar-refractivity contribution in [1.82, 2.24) is 4.90 Å². The Morgan fingerprint density at radius 1 is 0.778 bits per heavy atom. The van der Waals surface area contributed by atoms with Crippen molar-refractivity contribution < 1.29 is 48.6 Å². The van der Waals surface area contributed by atoms with Gasteiger partial charge in [-0.15, -0.1) is 4.90 Å². The second-order valence-corrected chi connectivity index (χ2v) is 3.40. The van der Waals surface area contributed by atoms with Crippen LogP contribution in [0.2, 0.25) is 0 Å². The van der Waals surface area contributed by atoms with Crippen LogP contribution in [0.3, 0.4) is 0 Å². The monoisotopic (exact) mass is 295 g/mol. The van der Waals surface area contributed by atoms with Crippen molar-refractivity contribution >= 4 is 0 Å². The normalized spacial score (nSPS) is 30.2. The highest BCUT2D eigenvalue weighted by Crippen LogP contribution is 2.58. The lowest BCUT2D eigenvalue weighted by molar-refractivity contribution is -0.584. The van der Waals surface area contributed by atoms with E-state index < -0.39 is 42.2 Å². The van der Waals surface area contributed by atoms with Crippen molar-refractivity contribution in [3.8, 4) is 0 Å². The van der Waals surface area contributed by atoms with E-state index in [0.29, 0.717) is 0 Å². The minimum Gasteiger partial charge on any atom is -0.243 e. The van der Waals surface area contributed by atoms with Gasteiger partial charge < -0.3 is 0 Å². The Morgan fingerprint density at radius 3 is 1.28 bits per heavy atom. The number of ether oxygens (including phenoxy) is 1. The molecule has 0 N–H and O–H groups in total. The molecule has 0 radical (unpaired) electrons. The molecule has 0 aromatic carbocycles. The Balaban J connectivity index is 3.48. The molecule has 0 spiro atoms. The molecule has 108 valence electrons. The maximum atomic E-state index is 12.7. The largest absolute Gasteiger partial charge is 0.439 e. The molecule has 0 unspecified atom stereocenters. The Kier molecular flexibility index (Phi) is 2.89. The van der Waals surface area contributed by atoms with Crippen LogP contribution in [0.25, 0.3) is 0 Å². The lowest BCUT2D eigenvalue weighted by atomic mass is 10.2. The molecule has 18 heavy (non-hydrogen) atoms.